The number of amides is 1. The number of nitrogens with zero attached hydrogens (tertiary/aromatic N) is 2. The van der Waals surface area contributed by atoms with Gasteiger partial charge < -0.3 is 8.83 Å². The van der Waals surface area contributed by atoms with Gasteiger partial charge in [-0.05, 0) is 32.8 Å². The van der Waals surface area contributed by atoms with E-state index in [1.807, 2.05) is 19.9 Å². The summed E-state index contributed by atoms with van der Waals surface area (Å²) in [6, 6.07) is 1.97. The first kappa shape index (κ1) is 16.3. The lowest BCUT2D eigenvalue weighted by Gasteiger charge is -2.12. The molecule has 22 heavy (non-hydrogen) atoms. The number of rotatable bonds is 7. The van der Waals surface area contributed by atoms with E-state index in [0.29, 0.717) is 11.7 Å². The Labute approximate surface area is 130 Å². The SMILES string of the molecule is CCCC(CCC)C(=O)Nc1nnc(-c2cc(C)oc2C)o1. The molecule has 0 bridgehead atoms. The Bertz CT molecular complexity index is 624. The van der Waals surface area contributed by atoms with E-state index in [0.717, 1.165) is 37.0 Å². The lowest BCUT2D eigenvalue weighted by molar-refractivity contribution is -0.120. The molecule has 0 spiro atoms. The van der Waals surface area contributed by atoms with E-state index in [-0.39, 0.29) is 17.8 Å². The number of anilines is 1. The van der Waals surface area contributed by atoms with Crippen LogP contribution in [0.1, 0.15) is 51.1 Å². The van der Waals surface area contributed by atoms with Gasteiger partial charge in [-0.15, -0.1) is 5.10 Å². The molecule has 1 amide bonds. The fourth-order valence-electron chi connectivity index (χ4n) is 2.54. The largest absolute Gasteiger partial charge is 0.466 e. The quantitative estimate of drug-likeness (QED) is 0.832. The van der Waals surface area contributed by atoms with E-state index in [4.69, 9.17) is 8.83 Å². The van der Waals surface area contributed by atoms with Crippen LogP contribution in [0.2, 0.25) is 0 Å². The maximum Gasteiger partial charge on any atom is 0.322 e. The summed E-state index contributed by atoms with van der Waals surface area (Å²) in [5.41, 5.74) is 0.754. The van der Waals surface area contributed by atoms with Crippen molar-refractivity contribution in [2.75, 3.05) is 5.32 Å². The van der Waals surface area contributed by atoms with Crippen molar-refractivity contribution in [2.24, 2.45) is 5.92 Å². The molecule has 0 fully saturated rings. The molecule has 6 nitrogen and oxygen atoms in total. The van der Waals surface area contributed by atoms with Crippen molar-refractivity contribution in [3.63, 3.8) is 0 Å². The van der Waals surface area contributed by atoms with Crippen molar-refractivity contribution in [3.05, 3.63) is 17.6 Å². The fraction of sp³-hybridized carbons (Fsp3) is 0.562. The lowest BCUT2D eigenvalue weighted by Crippen LogP contribution is -2.22. The third-order valence-corrected chi connectivity index (χ3v) is 3.57. The van der Waals surface area contributed by atoms with Gasteiger partial charge in [-0.1, -0.05) is 31.8 Å². The molecule has 0 aliphatic heterocycles. The van der Waals surface area contributed by atoms with Crippen LogP contribution in [0, 0.1) is 19.8 Å². The minimum absolute atomic E-state index is 0.0109. The monoisotopic (exact) mass is 305 g/mol. The molecule has 1 N–H and O–H groups in total. The average Bonchev–Trinajstić information content (AvgIpc) is 3.05. The Morgan fingerprint density at radius 3 is 2.41 bits per heavy atom. The van der Waals surface area contributed by atoms with E-state index >= 15 is 0 Å². The highest BCUT2D eigenvalue weighted by molar-refractivity contribution is 5.90. The normalized spacial score (nSPS) is 11.1. The second-order valence-electron chi connectivity index (χ2n) is 5.50. The third kappa shape index (κ3) is 3.75. The molecule has 6 heteroatoms. The Morgan fingerprint density at radius 2 is 1.86 bits per heavy atom. The molecule has 2 rings (SSSR count). The van der Waals surface area contributed by atoms with Crippen LogP contribution in [0.4, 0.5) is 6.01 Å². The second kappa shape index (κ2) is 7.24. The highest BCUT2D eigenvalue weighted by atomic mass is 16.4. The van der Waals surface area contributed by atoms with Gasteiger partial charge in [0.05, 0.1) is 5.56 Å². The molecule has 2 aromatic rings. The van der Waals surface area contributed by atoms with Crippen LogP contribution in [0.5, 0.6) is 0 Å². The standard InChI is InChI=1S/C16H23N3O3/c1-5-7-12(8-6-2)14(20)17-16-19-18-15(22-16)13-9-10(3)21-11(13)4/h9,12H,5-8H2,1-4H3,(H,17,19,20). The number of furan rings is 1. The summed E-state index contributed by atoms with van der Waals surface area (Å²) >= 11 is 0. The molecule has 0 unspecified atom stereocenters. The van der Waals surface area contributed by atoms with Crippen molar-refractivity contribution in [3.8, 4) is 11.5 Å². The van der Waals surface area contributed by atoms with E-state index in [9.17, 15) is 4.79 Å². The zero-order chi connectivity index (χ0) is 16.1. The van der Waals surface area contributed by atoms with Gasteiger partial charge in [-0.25, -0.2) is 0 Å². The van der Waals surface area contributed by atoms with Crippen molar-refractivity contribution in [1.29, 1.82) is 0 Å². The minimum Gasteiger partial charge on any atom is -0.466 e. The van der Waals surface area contributed by atoms with E-state index in [1.54, 1.807) is 0 Å². The second-order valence-corrected chi connectivity index (χ2v) is 5.50. The maximum atomic E-state index is 12.3. The highest BCUT2D eigenvalue weighted by Crippen LogP contribution is 2.26. The van der Waals surface area contributed by atoms with Gasteiger partial charge in [0.15, 0.2) is 0 Å². The van der Waals surface area contributed by atoms with Crippen LogP contribution in [-0.4, -0.2) is 16.1 Å². The first-order valence-electron chi connectivity index (χ1n) is 7.76. The molecule has 0 atom stereocenters. The predicted octanol–water partition coefficient (Wildman–Crippen LogP) is 4.10. The van der Waals surface area contributed by atoms with Crippen LogP contribution in [0.15, 0.2) is 14.9 Å². The average molecular weight is 305 g/mol. The van der Waals surface area contributed by atoms with Gasteiger partial charge in [0.25, 0.3) is 5.89 Å². The van der Waals surface area contributed by atoms with Crippen molar-refractivity contribution in [2.45, 2.75) is 53.4 Å². The van der Waals surface area contributed by atoms with E-state index in [1.165, 1.54) is 0 Å². The highest BCUT2D eigenvalue weighted by Gasteiger charge is 2.20. The summed E-state index contributed by atoms with van der Waals surface area (Å²) in [4.78, 5) is 12.3. The summed E-state index contributed by atoms with van der Waals surface area (Å²) in [6.07, 6.45) is 3.67. The molecule has 0 aliphatic carbocycles. The molecular formula is C16H23N3O3. The Hall–Kier alpha value is -2.11. The summed E-state index contributed by atoms with van der Waals surface area (Å²) < 4.78 is 11.0. The summed E-state index contributed by atoms with van der Waals surface area (Å²) in [5, 5.41) is 10.6. The van der Waals surface area contributed by atoms with E-state index < -0.39 is 0 Å². The number of aryl methyl sites for hydroxylation is 2. The molecular weight excluding hydrogens is 282 g/mol. The van der Waals surface area contributed by atoms with Crippen LogP contribution in [0.3, 0.4) is 0 Å². The van der Waals surface area contributed by atoms with Gasteiger partial charge >= 0.3 is 6.01 Å². The first-order valence-corrected chi connectivity index (χ1v) is 7.76. The van der Waals surface area contributed by atoms with Crippen molar-refractivity contribution < 1.29 is 13.6 Å². The molecule has 0 aromatic carbocycles. The van der Waals surface area contributed by atoms with Gasteiger partial charge in [-0.3, -0.25) is 10.1 Å². The zero-order valence-corrected chi connectivity index (χ0v) is 13.6. The fourth-order valence-corrected chi connectivity index (χ4v) is 2.54. The molecule has 0 radical (unpaired) electrons. The van der Waals surface area contributed by atoms with E-state index in [2.05, 4.69) is 29.4 Å². The summed E-state index contributed by atoms with van der Waals surface area (Å²) in [5.74, 6) is 1.78. The molecule has 0 saturated heterocycles. The van der Waals surface area contributed by atoms with Crippen LogP contribution < -0.4 is 5.32 Å². The van der Waals surface area contributed by atoms with Gasteiger partial charge in [0, 0.05) is 5.92 Å². The Kier molecular flexibility index (Phi) is 5.35. The minimum atomic E-state index is -0.0565. The predicted molar refractivity (Wildman–Crippen MR) is 83.4 cm³/mol. The Morgan fingerprint density at radius 1 is 1.18 bits per heavy atom. The van der Waals surface area contributed by atoms with Crippen molar-refractivity contribution >= 4 is 11.9 Å². The number of carbonyl (C=O) groups is 1. The van der Waals surface area contributed by atoms with Gasteiger partial charge in [-0.2, -0.15) is 0 Å². The molecule has 2 aromatic heterocycles. The number of carbonyl (C=O) groups excluding carboxylic acids is 1. The van der Waals surface area contributed by atoms with Crippen LogP contribution in [0.25, 0.3) is 11.5 Å². The van der Waals surface area contributed by atoms with Crippen LogP contribution >= 0.6 is 0 Å². The van der Waals surface area contributed by atoms with Crippen molar-refractivity contribution in [1.82, 2.24) is 10.2 Å². The smallest absolute Gasteiger partial charge is 0.322 e. The van der Waals surface area contributed by atoms with Crippen LogP contribution in [-0.2, 0) is 4.79 Å². The number of hydrogen-bond acceptors (Lipinski definition) is 5. The maximum absolute atomic E-state index is 12.3. The number of hydrogen-bond donors (Lipinski definition) is 1. The van der Waals surface area contributed by atoms with Gasteiger partial charge in [0.1, 0.15) is 11.5 Å². The molecule has 2 heterocycles. The molecule has 120 valence electrons. The topological polar surface area (TPSA) is 81.2 Å². The molecule has 0 saturated carbocycles. The third-order valence-electron chi connectivity index (χ3n) is 3.57. The lowest BCUT2D eigenvalue weighted by atomic mass is 9.97. The zero-order valence-electron chi connectivity index (χ0n) is 13.6. The summed E-state index contributed by atoms with van der Waals surface area (Å²) in [6.45, 7) is 7.84. The van der Waals surface area contributed by atoms with Gasteiger partial charge in [0.2, 0.25) is 5.91 Å². The molecule has 0 aliphatic rings. The first-order chi connectivity index (χ1) is 10.5. The number of aromatic nitrogens is 2. The Balaban J connectivity index is 2.08. The summed E-state index contributed by atoms with van der Waals surface area (Å²) in [7, 11) is 0. The number of nitrogens with one attached hydrogen (secondary N) is 1.